The van der Waals surface area contributed by atoms with Gasteiger partial charge in [0.2, 0.25) is 11.5 Å². The minimum absolute atomic E-state index is 0.0172. The summed E-state index contributed by atoms with van der Waals surface area (Å²) < 4.78 is 111. The van der Waals surface area contributed by atoms with Gasteiger partial charge in [-0.3, -0.25) is 14.6 Å². The van der Waals surface area contributed by atoms with Gasteiger partial charge in [0.25, 0.3) is 5.91 Å². The molecular formula is C33H27F7N4O5. The van der Waals surface area contributed by atoms with E-state index in [9.17, 15) is 45.4 Å². The second kappa shape index (κ2) is 11.6. The Hall–Kier alpha value is -4.99. The van der Waals surface area contributed by atoms with E-state index in [1.807, 2.05) is 5.32 Å². The number of fused-ring (bicyclic) bond motifs is 2. The molecule has 1 aliphatic carbocycles. The minimum Gasteiger partial charge on any atom is -0.494 e. The van der Waals surface area contributed by atoms with E-state index >= 15 is 0 Å². The first kappa shape index (κ1) is 33.9. The molecule has 2 aromatic carbocycles. The Bertz CT molecular complexity index is 1960. The number of hydrogen-bond acceptors (Lipinski definition) is 7. The number of pyridine rings is 2. The lowest BCUT2D eigenvalue weighted by atomic mass is 9.81. The number of benzene rings is 2. The predicted molar refractivity (Wildman–Crippen MR) is 159 cm³/mol. The van der Waals surface area contributed by atoms with Gasteiger partial charge in [0.1, 0.15) is 46.1 Å². The Morgan fingerprint density at radius 3 is 2.35 bits per heavy atom. The van der Waals surface area contributed by atoms with Gasteiger partial charge >= 0.3 is 12.4 Å². The summed E-state index contributed by atoms with van der Waals surface area (Å²) >= 11 is 0. The highest BCUT2D eigenvalue weighted by molar-refractivity contribution is 6.00. The molecule has 1 aliphatic heterocycles. The number of carbonyl (C=O) groups is 2. The van der Waals surface area contributed by atoms with Crippen LogP contribution < -0.4 is 20.1 Å². The number of amides is 2. The Balaban J connectivity index is 1.42. The van der Waals surface area contributed by atoms with E-state index in [1.54, 1.807) is 12.1 Å². The van der Waals surface area contributed by atoms with E-state index in [4.69, 9.17) is 9.47 Å². The number of methoxy groups -OCH3 is 1. The zero-order valence-electron chi connectivity index (χ0n) is 25.7. The van der Waals surface area contributed by atoms with E-state index in [2.05, 4.69) is 15.3 Å². The van der Waals surface area contributed by atoms with Crippen LogP contribution in [0.5, 0.6) is 11.5 Å². The summed E-state index contributed by atoms with van der Waals surface area (Å²) in [6, 6.07) is 10.8. The predicted octanol–water partition coefficient (Wildman–Crippen LogP) is 5.49. The Kier molecular flexibility index (Phi) is 8.00. The molecule has 0 bridgehead atoms. The number of nitrogens with zero attached hydrogens (tertiary/aromatic N) is 2. The first-order valence-electron chi connectivity index (χ1n) is 14.8. The van der Waals surface area contributed by atoms with Crippen molar-refractivity contribution in [1.29, 1.82) is 0 Å². The average molecular weight is 693 g/mol. The topological polar surface area (TPSA) is 123 Å². The number of nitrogens with one attached hydrogen (secondary N) is 2. The van der Waals surface area contributed by atoms with Crippen LogP contribution in [0.4, 0.5) is 30.7 Å². The third-order valence-electron chi connectivity index (χ3n) is 8.89. The molecule has 0 saturated heterocycles. The number of alkyl halides is 6. The van der Waals surface area contributed by atoms with Crippen molar-refractivity contribution in [3.63, 3.8) is 0 Å². The lowest BCUT2D eigenvalue weighted by molar-refractivity contribution is -0.265. The fourth-order valence-corrected chi connectivity index (χ4v) is 5.64. The molecule has 2 amide bonds. The maximum atomic E-state index is 14.9. The van der Waals surface area contributed by atoms with Crippen LogP contribution in [-0.4, -0.2) is 65.0 Å². The van der Waals surface area contributed by atoms with Gasteiger partial charge in [-0.25, -0.2) is 9.37 Å². The van der Waals surface area contributed by atoms with Crippen molar-refractivity contribution >= 4 is 22.7 Å². The normalized spacial score (nSPS) is 19.4. The van der Waals surface area contributed by atoms with Crippen molar-refractivity contribution in [3.8, 4) is 22.8 Å². The minimum atomic E-state index is -5.50. The Morgan fingerprint density at radius 2 is 1.73 bits per heavy atom. The van der Waals surface area contributed by atoms with Gasteiger partial charge < -0.3 is 25.2 Å². The molecule has 0 radical (unpaired) electrons. The molecule has 2 aliphatic rings. The average Bonchev–Trinajstić information content (AvgIpc) is 3.78. The van der Waals surface area contributed by atoms with E-state index in [0.717, 1.165) is 18.2 Å². The van der Waals surface area contributed by atoms with Crippen molar-refractivity contribution in [2.24, 2.45) is 0 Å². The number of hydrogen-bond donors (Lipinski definition) is 3. The molecule has 0 spiro atoms. The number of aromatic nitrogens is 2. The lowest BCUT2D eigenvalue weighted by Gasteiger charge is -2.32. The molecule has 3 N–H and O–H groups in total. The van der Waals surface area contributed by atoms with Crippen molar-refractivity contribution < 1.29 is 54.9 Å². The van der Waals surface area contributed by atoms with E-state index in [-0.39, 0.29) is 46.7 Å². The second-order valence-electron chi connectivity index (χ2n) is 12.2. The molecule has 0 unspecified atom stereocenters. The highest BCUT2D eigenvalue weighted by Gasteiger charge is 2.66. The highest BCUT2D eigenvalue weighted by atomic mass is 19.4. The van der Waals surface area contributed by atoms with Crippen LogP contribution in [0.1, 0.15) is 41.4 Å². The SMILES string of the molecule is COc1cc(C(=O)NC[C@](O)(c2cc3c(c(-c4ccc(F)cc4)n2)OC[C@]3(C)C(=O)NC2(C(F)(F)F)CC2)C(F)(F)F)cc2cccnc12. The summed E-state index contributed by atoms with van der Waals surface area (Å²) in [4.78, 5) is 34.9. The third kappa shape index (κ3) is 5.77. The summed E-state index contributed by atoms with van der Waals surface area (Å²) in [6.45, 7) is -0.866. The second-order valence-corrected chi connectivity index (χ2v) is 12.2. The molecule has 258 valence electrons. The van der Waals surface area contributed by atoms with Crippen LogP contribution in [0.15, 0.2) is 60.8 Å². The van der Waals surface area contributed by atoms with Crippen molar-refractivity contribution in [2.75, 3.05) is 20.3 Å². The molecule has 1 fully saturated rings. The van der Waals surface area contributed by atoms with Crippen LogP contribution in [0.2, 0.25) is 0 Å². The first-order chi connectivity index (χ1) is 22.9. The molecular weight excluding hydrogens is 665 g/mol. The van der Waals surface area contributed by atoms with Crippen molar-refractivity contribution in [3.05, 3.63) is 83.4 Å². The highest BCUT2D eigenvalue weighted by Crippen LogP contribution is 2.52. The van der Waals surface area contributed by atoms with E-state index < -0.39 is 65.4 Å². The first-order valence-corrected chi connectivity index (χ1v) is 14.8. The van der Waals surface area contributed by atoms with Gasteiger partial charge in [-0.15, -0.1) is 0 Å². The smallest absolute Gasteiger partial charge is 0.424 e. The monoisotopic (exact) mass is 692 g/mol. The van der Waals surface area contributed by atoms with Crippen LogP contribution in [0.25, 0.3) is 22.2 Å². The largest absolute Gasteiger partial charge is 0.494 e. The number of carbonyl (C=O) groups excluding carboxylic acids is 2. The number of rotatable bonds is 8. The van der Waals surface area contributed by atoms with Crippen LogP contribution >= 0.6 is 0 Å². The maximum absolute atomic E-state index is 14.9. The fourth-order valence-electron chi connectivity index (χ4n) is 5.64. The van der Waals surface area contributed by atoms with E-state index in [1.165, 1.54) is 44.5 Å². The summed E-state index contributed by atoms with van der Waals surface area (Å²) in [5.74, 6) is -2.97. The van der Waals surface area contributed by atoms with Gasteiger partial charge in [0, 0.05) is 28.3 Å². The quantitative estimate of drug-likeness (QED) is 0.209. The van der Waals surface area contributed by atoms with Gasteiger partial charge in [0.05, 0.1) is 19.3 Å². The Morgan fingerprint density at radius 1 is 1.04 bits per heavy atom. The molecule has 4 aromatic rings. The number of halogens is 7. The molecule has 2 aromatic heterocycles. The zero-order valence-corrected chi connectivity index (χ0v) is 25.7. The summed E-state index contributed by atoms with van der Waals surface area (Å²) in [7, 11) is 1.32. The summed E-state index contributed by atoms with van der Waals surface area (Å²) in [5.41, 5.74) is -9.83. The van der Waals surface area contributed by atoms with E-state index in [0.29, 0.717) is 10.9 Å². The molecule has 1 saturated carbocycles. The zero-order chi connectivity index (χ0) is 35.6. The van der Waals surface area contributed by atoms with Crippen LogP contribution in [0.3, 0.4) is 0 Å². The third-order valence-corrected chi connectivity index (χ3v) is 8.89. The van der Waals surface area contributed by atoms with Gasteiger partial charge in [-0.05, 0) is 68.3 Å². The summed E-state index contributed by atoms with van der Waals surface area (Å²) in [5, 5.41) is 15.9. The van der Waals surface area contributed by atoms with Gasteiger partial charge in [0.15, 0.2) is 0 Å². The van der Waals surface area contributed by atoms with Gasteiger partial charge in [-0.1, -0.05) is 6.07 Å². The molecule has 49 heavy (non-hydrogen) atoms. The number of aliphatic hydroxyl groups is 1. The fraction of sp³-hybridized carbons (Fsp3) is 0.333. The molecule has 2 atom stereocenters. The van der Waals surface area contributed by atoms with Gasteiger partial charge in [-0.2, -0.15) is 26.3 Å². The lowest BCUT2D eigenvalue weighted by Crippen LogP contribution is -2.54. The maximum Gasteiger partial charge on any atom is 0.424 e. The molecule has 6 rings (SSSR count). The van der Waals surface area contributed by atoms with Crippen LogP contribution in [-0.2, 0) is 15.8 Å². The van der Waals surface area contributed by atoms with Crippen LogP contribution in [0, 0.1) is 5.82 Å². The Labute approximate surface area is 273 Å². The molecule has 16 heteroatoms. The standard InChI is InChI=1S/C33H27F7N4O5/c1-29(28(46)44-30(9-10-30)32(35,36)37)16-49-26-21(29)14-23(43-25(26)17-5-7-20(34)8-6-17)31(47,33(38,39)40)15-42-27(45)19-12-18-4-3-11-41-24(18)22(13-19)48-2/h3-8,11-14,47H,9-10,15-16H2,1-2H3,(H,42,45)(H,44,46)/t29-,31-/m0/s1. The van der Waals surface area contributed by atoms with Crippen molar-refractivity contribution in [2.45, 2.75) is 48.7 Å². The molecule has 9 nitrogen and oxygen atoms in total. The van der Waals surface area contributed by atoms with Crippen molar-refractivity contribution in [1.82, 2.24) is 20.6 Å². The molecule has 3 heterocycles. The number of ether oxygens (including phenoxy) is 2. The summed E-state index contributed by atoms with van der Waals surface area (Å²) in [6.07, 6.45) is -9.58.